The van der Waals surface area contributed by atoms with E-state index in [0.717, 1.165) is 26.1 Å². The predicted molar refractivity (Wildman–Crippen MR) is 118 cm³/mol. The van der Waals surface area contributed by atoms with Crippen LogP contribution in [-0.2, 0) is 14.4 Å². The number of para-hydroxylation sites is 1. The second-order valence-electron chi connectivity index (χ2n) is 8.50. The van der Waals surface area contributed by atoms with Crippen LogP contribution in [0.25, 0.3) is 0 Å². The van der Waals surface area contributed by atoms with Crippen molar-refractivity contribution in [1.29, 1.82) is 0 Å². The molecule has 2 saturated heterocycles. The van der Waals surface area contributed by atoms with E-state index in [1.54, 1.807) is 23.9 Å². The van der Waals surface area contributed by atoms with Gasteiger partial charge in [-0.05, 0) is 31.4 Å². The summed E-state index contributed by atoms with van der Waals surface area (Å²) in [5.74, 6) is 0.893. The van der Waals surface area contributed by atoms with E-state index < -0.39 is 0 Å². The number of likely N-dealkylation sites (tertiary alicyclic amines) is 1. The fourth-order valence-corrected chi connectivity index (χ4v) is 4.07. The fourth-order valence-electron chi connectivity index (χ4n) is 4.07. The van der Waals surface area contributed by atoms with Crippen LogP contribution in [0, 0.1) is 5.92 Å². The van der Waals surface area contributed by atoms with Crippen molar-refractivity contribution in [1.82, 2.24) is 19.6 Å². The summed E-state index contributed by atoms with van der Waals surface area (Å²) in [5.41, 5.74) is 0. The number of hydrogen-bond acceptors (Lipinski definition) is 5. The second kappa shape index (κ2) is 11.1. The Kier molecular flexibility index (Phi) is 8.28. The smallest absolute Gasteiger partial charge is 0.260 e. The van der Waals surface area contributed by atoms with Crippen LogP contribution in [0.5, 0.6) is 5.75 Å². The maximum Gasteiger partial charge on any atom is 0.260 e. The van der Waals surface area contributed by atoms with Gasteiger partial charge in [0.2, 0.25) is 11.8 Å². The summed E-state index contributed by atoms with van der Waals surface area (Å²) in [7, 11) is 3.53. The molecule has 8 heteroatoms. The number of likely N-dealkylation sites (N-methyl/N-ethyl adjacent to an activating group) is 1. The Bertz CT molecular complexity index is 747. The number of rotatable bonds is 6. The van der Waals surface area contributed by atoms with Crippen molar-refractivity contribution < 1.29 is 19.1 Å². The zero-order chi connectivity index (χ0) is 22.2. The Morgan fingerprint density at radius 1 is 0.935 bits per heavy atom. The molecule has 0 atom stereocenters. The summed E-state index contributed by atoms with van der Waals surface area (Å²) in [4.78, 5) is 44.9. The third-order valence-corrected chi connectivity index (χ3v) is 6.06. The number of benzene rings is 1. The van der Waals surface area contributed by atoms with Crippen LogP contribution in [0.4, 0.5) is 0 Å². The quantitative estimate of drug-likeness (QED) is 0.671. The van der Waals surface area contributed by atoms with E-state index in [-0.39, 0.29) is 30.2 Å². The Morgan fingerprint density at radius 2 is 1.65 bits per heavy atom. The summed E-state index contributed by atoms with van der Waals surface area (Å²) in [6.07, 6.45) is 2.26. The van der Waals surface area contributed by atoms with Crippen molar-refractivity contribution in [3.05, 3.63) is 30.3 Å². The van der Waals surface area contributed by atoms with Crippen molar-refractivity contribution in [3.63, 3.8) is 0 Å². The molecule has 2 aliphatic heterocycles. The lowest BCUT2D eigenvalue weighted by Crippen LogP contribution is -2.46. The van der Waals surface area contributed by atoms with Gasteiger partial charge in [0.1, 0.15) is 5.75 Å². The molecular weight excluding hydrogens is 396 g/mol. The molecule has 0 bridgehead atoms. The highest BCUT2D eigenvalue weighted by Gasteiger charge is 2.31. The van der Waals surface area contributed by atoms with E-state index in [0.29, 0.717) is 44.8 Å². The highest BCUT2D eigenvalue weighted by Crippen LogP contribution is 2.21. The van der Waals surface area contributed by atoms with Gasteiger partial charge in [-0.2, -0.15) is 0 Å². The van der Waals surface area contributed by atoms with Gasteiger partial charge in [0.15, 0.2) is 6.61 Å². The Labute approximate surface area is 184 Å². The number of nitrogens with zero attached hydrogens (tertiary/aromatic N) is 4. The minimum atomic E-state index is -0.0364. The van der Waals surface area contributed by atoms with E-state index in [1.807, 2.05) is 35.2 Å². The van der Waals surface area contributed by atoms with Crippen LogP contribution in [-0.4, -0.2) is 104 Å². The minimum Gasteiger partial charge on any atom is -0.484 e. The summed E-state index contributed by atoms with van der Waals surface area (Å²) < 4.78 is 5.56. The molecule has 0 unspecified atom stereocenters. The lowest BCUT2D eigenvalue weighted by atomic mass is 9.95. The summed E-state index contributed by atoms with van der Waals surface area (Å²) in [6, 6.07) is 9.31. The van der Waals surface area contributed by atoms with Gasteiger partial charge in [-0.1, -0.05) is 18.2 Å². The number of piperidine rings is 1. The van der Waals surface area contributed by atoms with E-state index in [9.17, 15) is 14.4 Å². The topological polar surface area (TPSA) is 73.4 Å². The van der Waals surface area contributed by atoms with Crippen LogP contribution in [0.3, 0.4) is 0 Å². The molecule has 0 N–H and O–H groups in total. The largest absolute Gasteiger partial charge is 0.484 e. The summed E-state index contributed by atoms with van der Waals surface area (Å²) >= 11 is 0. The Hall–Kier alpha value is -2.61. The lowest BCUT2D eigenvalue weighted by Gasteiger charge is -2.34. The standard InChI is InChI=1S/C23H34N4O4/c1-24(2)21(28)17-25-11-6-12-27(16-15-25)23(30)19-9-13-26(14-10-19)22(29)18-31-20-7-4-3-5-8-20/h3-5,7-8,19H,6,9-18H2,1-2H3. The zero-order valence-electron chi connectivity index (χ0n) is 18.7. The molecule has 0 aliphatic carbocycles. The third-order valence-electron chi connectivity index (χ3n) is 6.06. The molecule has 8 nitrogen and oxygen atoms in total. The average molecular weight is 431 g/mol. The molecule has 2 aliphatic rings. The maximum absolute atomic E-state index is 13.0. The molecule has 0 spiro atoms. The average Bonchev–Trinajstić information content (AvgIpc) is 3.03. The second-order valence-corrected chi connectivity index (χ2v) is 8.50. The van der Waals surface area contributed by atoms with Crippen LogP contribution in [0.2, 0.25) is 0 Å². The number of amides is 3. The number of carbonyl (C=O) groups is 3. The number of hydrogen-bond donors (Lipinski definition) is 0. The van der Waals surface area contributed by atoms with Gasteiger partial charge >= 0.3 is 0 Å². The molecule has 0 aromatic heterocycles. The molecule has 1 aromatic carbocycles. The van der Waals surface area contributed by atoms with Gasteiger partial charge in [0, 0.05) is 59.3 Å². The van der Waals surface area contributed by atoms with Gasteiger partial charge in [0.25, 0.3) is 5.91 Å². The molecule has 0 saturated carbocycles. The molecular formula is C23H34N4O4. The first-order valence-corrected chi connectivity index (χ1v) is 11.1. The zero-order valence-corrected chi connectivity index (χ0v) is 18.7. The first-order valence-electron chi connectivity index (χ1n) is 11.1. The summed E-state index contributed by atoms with van der Waals surface area (Å²) in [6.45, 7) is 4.54. The van der Waals surface area contributed by atoms with Gasteiger partial charge < -0.3 is 19.4 Å². The van der Waals surface area contributed by atoms with Gasteiger partial charge in [-0.25, -0.2) is 0 Å². The van der Waals surface area contributed by atoms with Crippen LogP contribution in [0.1, 0.15) is 19.3 Å². The maximum atomic E-state index is 13.0. The molecule has 3 rings (SSSR count). The molecule has 0 radical (unpaired) electrons. The van der Waals surface area contributed by atoms with Crippen LogP contribution < -0.4 is 4.74 Å². The fraction of sp³-hybridized carbons (Fsp3) is 0.609. The van der Waals surface area contributed by atoms with Crippen LogP contribution >= 0.6 is 0 Å². The van der Waals surface area contributed by atoms with E-state index >= 15 is 0 Å². The highest BCUT2D eigenvalue weighted by atomic mass is 16.5. The molecule has 1 aromatic rings. The van der Waals surface area contributed by atoms with Crippen molar-refractivity contribution in [3.8, 4) is 5.75 Å². The van der Waals surface area contributed by atoms with Gasteiger partial charge in [-0.3, -0.25) is 19.3 Å². The number of carbonyl (C=O) groups excluding carboxylic acids is 3. The van der Waals surface area contributed by atoms with E-state index in [1.165, 1.54) is 0 Å². The molecule has 170 valence electrons. The molecule has 2 heterocycles. The first-order chi connectivity index (χ1) is 14.9. The van der Waals surface area contributed by atoms with Crippen molar-refractivity contribution >= 4 is 17.7 Å². The molecule has 3 amide bonds. The monoisotopic (exact) mass is 430 g/mol. The highest BCUT2D eigenvalue weighted by molar-refractivity contribution is 5.81. The normalized spacial score (nSPS) is 18.4. The van der Waals surface area contributed by atoms with Gasteiger partial charge in [-0.15, -0.1) is 0 Å². The van der Waals surface area contributed by atoms with Crippen molar-refractivity contribution in [2.75, 3.05) is 66.5 Å². The lowest BCUT2D eigenvalue weighted by molar-refractivity contribution is -0.141. The van der Waals surface area contributed by atoms with E-state index in [4.69, 9.17) is 4.74 Å². The minimum absolute atomic E-state index is 0.0241. The Morgan fingerprint density at radius 3 is 2.32 bits per heavy atom. The SMILES string of the molecule is CN(C)C(=O)CN1CCCN(C(=O)C2CCN(C(=O)COc3ccccc3)CC2)CC1. The molecule has 31 heavy (non-hydrogen) atoms. The number of ether oxygens (including phenoxy) is 1. The first kappa shape index (κ1) is 23.1. The van der Waals surface area contributed by atoms with E-state index in [2.05, 4.69) is 4.90 Å². The summed E-state index contributed by atoms with van der Waals surface area (Å²) in [5, 5.41) is 0. The predicted octanol–water partition coefficient (Wildman–Crippen LogP) is 0.927. The third kappa shape index (κ3) is 6.69. The van der Waals surface area contributed by atoms with Crippen molar-refractivity contribution in [2.24, 2.45) is 5.92 Å². The van der Waals surface area contributed by atoms with Gasteiger partial charge in [0.05, 0.1) is 6.54 Å². The van der Waals surface area contributed by atoms with Crippen molar-refractivity contribution in [2.45, 2.75) is 19.3 Å². The molecule has 2 fully saturated rings. The van der Waals surface area contributed by atoms with Crippen LogP contribution in [0.15, 0.2) is 30.3 Å². The Balaban J connectivity index is 1.41.